The summed E-state index contributed by atoms with van der Waals surface area (Å²) in [5.41, 5.74) is 2.74. The lowest BCUT2D eigenvalue weighted by Gasteiger charge is -2.31. The number of nitrogens with one attached hydrogen (secondary N) is 1. The first-order valence-electron chi connectivity index (χ1n) is 8.50. The molecule has 0 radical (unpaired) electrons. The standard InChI is InChI=1S/C20H24N2O2/c1-21-19-10-6-5-9-18(19)20(23)24-17-11-13-22(14-12-17)15-16-7-3-2-4-8-16/h2-10,17,21H,11-15H2,1H3. The molecular formula is C20H24N2O2. The van der Waals surface area contributed by atoms with Crippen molar-refractivity contribution in [3.8, 4) is 0 Å². The quantitative estimate of drug-likeness (QED) is 0.854. The summed E-state index contributed by atoms with van der Waals surface area (Å²) in [5, 5.41) is 3.04. The van der Waals surface area contributed by atoms with E-state index in [0.717, 1.165) is 38.2 Å². The molecule has 126 valence electrons. The van der Waals surface area contributed by atoms with Crippen LogP contribution >= 0.6 is 0 Å². The minimum Gasteiger partial charge on any atom is -0.459 e. The average molecular weight is 324 g/mol. The molecule has 2 aromatic carbocycles. The molecule has 3 rings (SSSR count). The number of rotatable bonds is 5. The predicted octanol–water partition coefficient (Wildman–Crippen LogP) is 3.55. The van der Waals surface area contributed by atoms with Gasteiger partial charge in [-0.1, -0.05) is 42.5 Å². The van der Waals surface area contributed by atoms with E-state index in [0.29, 0.717) is 5.56 Å². The predicted molar refractivity (Wildman–Crippen MR) is 96.1 cm³/mol. The third-order valence-corrected chi connectivity index (χ3v) is 4.47. The van der Waals surface area contributed by atoms with E-state index in [9.17, 15) is 4.79 Å². The van der Waals surface area contributed by atoms with Gasteiger partial charge in [-0.05, 0) is 30.5 Å². The number of para-hydroxylation sites is 1. The van der Waals surface area contributed by atoms with Gasteiger partial charge in [-0.3, -0.25) is 4.90 Å². The minimum absolute atomic E-state index is 0.00874. The first kappa shape index (κ1) is 16.5. The second-order valence-electron chi connectivity index (χ2n) is 6.16. The van der Waals surface area contributed by atoms with Crippen molar-refractivity contribution < 1.29 is 9.53 Å². The van der Waals surface area contributed by atoms with Gasteiger partial charge in [-0.15, -0.1) is 0 Å². The topological polar surface area (TPSA) is 41.6 Å². The Bertz CT molecular complexity index is 664. The van der Waals surface area contributed by atoms with Gasteiger partial charge in [-0.2, -0.15) is 0 Å². The summed E-state index contributed by atoms with van der Waals surface area (Å²) in [6.45, 7) is 2.88. The fraction of sp³-hybridized carbons (Fsp3) is 0.350. The van der Waals surface area contributed by atoms with Crippen molar-refractivity contribution in [2.45, 2.75) is 25.5 Å². The average Bonchev–Trinajstić information content (AvgIpc) is 2.64. The summed E-state index contributed by atoms with van der Waals surface area (Å²) in [4.78, 5) is 14.8. The third kappa shape index (κ3) is 4.15. The molecule has 1 fully saturated rings. The maximum atomic E-state index is 12.4. The van der Waals surface area contributed by atoms with Gasteiger partial charge in [0, 0.05) is 32.4 Å². The molecule has 0 saturated carbocycles. The zero-order chi connectivity index (χ0) is 16.8. The highest BCUT2D eigenvalue weighted by atomic mass is 16.5. The summed E-state index contributed by atoms with van der Waals surface area (Å²) < 4.78 is 5.71. The lowest BCUT2D eigenvalue weighted by molar-refractivity contribution is 0.0105. The van der Waals surface area contributed by atoms with Crippen LogP contribution in [0.5, 0.6) is 0 Å². The number of anilines is 1. The Kier molecular flexibility index (Phi) is 5.49. The first-order valence-corrected chi connectivity index (χ1v) is 8.50. The van der Waals surface area contributed by atoms with Crippen molar-refractivity contribution in [1.29, 1.82) is 0 Å². The van der Waals surface area contributed by atoms with E-state index in [4.69, 9.17) is 4.74 Å². The highest BCUT2D eigenvalue weighted by Gasteiger charge is 2.23. The SMILES string of the molecule is CNc1ccccc1C(=O)OC1CCN(Cc2ccccc2)CC1. The molecule has 4 nitrogen and oxygen atoms in total. The maximum Gasteiger partial charge on any atom is 0.340 e. The van der Waals surface area contributed by atoms with Gasteiger partial charge in [0.25, 0.3) is 0 Å². The van der Waals surface area contributed by atoms with Crippen molar-refractivity contribution in [1.82, 2.24) is 4.90 Å². The van der Waals surface area contributed by atoms with Crippen molar-refractivity contribution >= 4 is 11.7 Å². The molecule has 0 unspecified atom stereocenters. The molecule has 0 aliphatic carbocycles. The van der Waals surface area contributed by atoms with Crippen LogP contribution in [0.3, 0.4) is 0 Å². The van der Waals surface area contributed by atoms with Gasteiger partial charge in [0.1, 0.15) is 6.10 Å². The van der Waals surface area contributed by atoms with Crippen molar-refractivity contribution in [3.05, 3.63) is 65.7 Å². The fourth-order valence-corrected chi connectivity index (χ4v) is 3.12. The highest BCUT2D eigenvalue weighted by molar-refractivity contribution is 5.95. The number of likely N-dealkylation sites (tertiary alicyclic amines) is 1. The molecule has 1 aliphatic heterocycles. The van der Waals surface area contributed by atoms with Crippen LogP contribution in [-0.2, 0) is 11.3 Å². The fourth-order valence-electron chi connectivity index (χ4n) is 3.12. The number of esters is 1. The van der Waals surface area contributed by atoms with Gasteiger partial charge in [0.2, 0.25) is 0 Å². The molecule has 0 atom stereocenters. The largest absolute Gasteiger partial charge is 0.459 e. The molecule has 4 heteroatoms. The Labute approximate surface area is 143 Å². The van der Waals surface area contributed by atoms with E-state index in [1.54, 1.807) is 6.07 Å². The van der Waals surface area contributed by atoms with Crippen LogP contribution in [0.25, 0.3) is 0 Å². The van der Waals surface area contributed by atoms with Crippen LogP contribution in [-0.4, -0.2) is 37.1 Å². The molecule has 0 aromatic heterocycles. The van der Waals surface area contributed by atoms with Gasteiger partial charge >= 0.3 is 5.97 Å². The molecule has 2 aromatic rings. The number of hydrogen-bond donors (Lipinski definition) is 1. The molecule has 0 spiro atoms. The zero-order valence-electron chi connectivity index (χ0n) is 14.1. The molecule has 24 heavy (non-hydrogen) atoms. The van der Waals surface area contributed by atoms with Crippen LogP contribution in [0.15, 0.2) is 54.6 Å². The lowest BCUT2D eigenvalue weighted by Crippen LogP contribution is -2.37. The molecular weight excluding hydrogens is 300 g/mol. The number of benzene rings is 2. The smallest absolute Gasteiger partial charge is 0.340 e. The zero-order valence-corrected chi connectivity index (χ0v) is 14.1. The number of carbonyl (C=O) groups excluding carboxylic acids is 1. The van der Waals surface area contributed by atoms with Crippen LogP contribution < -0.4 is 5.32 Å². The monoisotopic (exact) mass is 324 g/mol. The van der Waals surface area contributed by atoms with Crippen molar-refractivity contribution in [3.63, 3.8) is 0 Å². The van der Waals surface area contributed by atoms with Crippen molar-refractivity contribution in [2.24, 2.45) is 0 Å². The summed E-state index contributed by atoms with van der Waals surface area (Å²) in [5.74, 6) is -0.235. The maximum absolute atomic E-state index is 12.4. The Morgan fingerprint density at radius 3 is 2.46 bits per heavy atom. The van der Waals surface area contributed by atoms with E-state index in [2.05, 4.69) is 34.5 Å². The van der Waals surface area contributed by atoms with Gasteiger partial charge in [-0.25, -0.2) is 4.79 Å². The summed E-state index contributed by atoms with van der Waals surface area (Å²) in [6, 6.07) is 18.0. The Hall–Kier alpha value is -2.33. The van der Waals surface area contributed by atoms with Crippen LogP contribution in [0.4, 0.5) is 5.69 Å². The highest BCUT2D eigenvalue weighted by Crippen LogP contribution is 2.20. The van der Waals surface area contributed by atoms with Crippen molar-refractivity contribution in [2.75, 3.05) is 25.5 Å². The second-order valence-corrected chi connectivity index (χ2v) is 6.16. The van der Waals surface area contributed by atoms with E-state index >= 15 is 0 Å². The molecule has 1 saturated heterocycles. The van der Waals surface area contributed by atoms with E-state index in [1.807, 2.05) is 31.3 Å². The molecule has 1 N–H and O–H groups in total. The van der Waals surface area contributed by atoms with E-state index in [-0.39, 0.29) is 12.1 Å². The van der Waals surface area contributed by atoms with Gasteiger partial charge < -0.3 is 10.1 Å². The Balaban J connectivity index is 1.51. The summed E-state index contributed by atoms with van der Waals surface area (Å²) in [6.07, 6.45) is 1.79. The normalized spacial score (nSPS) is 15.9. The molecule has 1 heterocycles. The summed E-state index contributed by atoms with van der Waals surface area (Å²) in [7, 11) is 1.81. The summed E-state index contributed by atoms with van der Waals surface area (Å²) >= 11 is 0. The minimum atomic E-state index is -0.235. The number of ether oxygens (including phenoxy) is 1. The number of carbonyl (C=O) groups is 1. The van der Waals surface area contributed by atoms with Crippen LogP contribution in [0.1, 0.15) is 28.8 Å². The van der Waals surface area contributed by atoms with E-state index in [1.165, 1.54) is 5.56 Å². The second kappa shape index (κ2) is 7.97. The van der Waals surface area contributed by atoms with Gasteiger partial charge in [0.05, 0.1) is 5.56 Å². The van der Waals surface area contributed by atoms with Crippen LogP contribution in [0.2, 0.25) is 0 Å². The third-order valence-electron chi connectivity index (χ3n) is 4.47. The number of piperidine rings is 1. The van der Waals surface area contributed by atoms with Gasteiger partial charge in [0.15, 0.2) is 0 Å². The Morgan fingerprint density at radius 1 is 1.08 bits per heavy atom. The lowest BCUT2D eigenvalue weighted by atomic mass is 10.1. The molecule has 0 bridgehead atoms. The van der Waals surface area contributed by atoms with Crippen LogP contribution in [0, 0.1) is 0 Å². The van der Waals surface area contributed by atoms with E-state index < -0.39 is 0 Å². The number of hydrogen-bond acceptors (Lipinski definition) is 4. The first-order chi connectivity index (χ1) is 11.8. The number of nitrogens with zero attached hydrogens (tertiary/aromatic N) is 1. The molecule has 0 amide bonds. The molecule has 1 aliphatic rings. The Morgan fingerprint density at radius 2 is 1.75 bits per heavy atom.